The van der Waals surface area contributed by atoms with E-state index in [1.807, 2.05) is 55.4 Å². The van der Waals surface area contributed by atoms with Crippen LogP contribution >= 0.6 is 0 Å². The van der Waals surface area contributed by atoms with Crippen molar-refractivity contribution in [3.05, 3.63) is 0 Å². The molecule has 0 bridgehead atoms. The summed E-state index contributed by atoms with van der Waals surface area (Å²) in [7, 11) is 3.04. The quantitative estimate of drug-likeness (QED) is 0.342. The molecule has 0 aliphatic carbocycles. The summed E-state index contributed by atoms with van der Waals surface area (Å²) in [6.45, 7) is 15.5. The molecule has 2 rings (SSSR count). The van der Waals surface area contributed by atoms with E-state index in [9.17, 15) is 29.4 Å². The van der Waals surface area contributed by atoms with E-state index in [1.54, 1.807) is 0 Å². The monoisotopic (exact) mass is 540 g/mol. The molecule has 2 heterocycles. The Hall–Kier alpha value is -2.20. The number of carboxylic acid groups (broad SMARTS) is 2. The van der Waals surface area contributed by atoms with Crippen molar-refractivity contribution in [1.82, 2.24) is 10.6 Å². The molecule has 2 fully saturated rings. The number of hydrogen-bond acceptors (Lipinski definition) is 4. The topological polar surface area (TPSA) is 133 Å². The fourth-order valence-corrected chi connectivity index (χ4v) is 9.43. The van der Waals surface area contributed by atoms with Gasteiger partial charge < -0.3 is 20.8 Å². The zero-order chi connectivity index (χ0) is 29.6. The van der Waals surface area contributed by atoms with Crippen molar-refractivity contribution in [2.45, 2.75) is 141 Å². The second-order valence-electron chi connectivity index (χ2n) is 13.8. The maximum Gasteiger partial charge on any atom is 0.428 e. The van der Waals surface area contributed by atoms with Gasteiger partial charge in [0.25, 0.3) is 0 Å². The average molecular weight is 541 g/mol. The summed E-state index contributed by atoms with van der Waals surface area (Å²) in [6, 6.07) is -0.924. The number of nitrogens with one attached hydrogen (secondary N) is 2. The summed E-state index contributed by atoms with van der Waals surface area (Å²) in [6.07, 6.45) is 3.49. The molecule has 10 nitrogen and oxygen atoms in total. The predicted octanol–water partition coefficient (Wildman–Crippen LogP) is 4.82. The Bertz CT molecular complexity index is 878. The molecule has 2 aliphatic heterocycles. The molecule has 0 spiro atoms. The minimum atomic E-state index is -2.05. The highest BCUT2D eigenvalue weighted by Gasteiger charge is 2.88. The molecule has 2 saturated heterocycles. The van der Waals surface area contributed by atoms with Gasteiger partial charge >= 0.3 is 29.7 Å². The van der Waals surface area contributed by atoms with Gasteiger partial charge in [0.1, 0.15) is 22.2 Å². The normalized spacial score (nSPS) is 24.6. The number of carbonyl (C=O) groups is 4. The van der Waals surface area contributed by atoms with E-state index in [2.05, 4.69) is 10.6 Å². The number of quaternary nitrogens is 2. The first kappa shape index (κ1) is 32.0. The third-order valence-electron chi connectivity index (χ3n) is 10.2. The Kier molecular flexibility index (Phi) is 8.49. The largest absolute Gasteiger partial charge is 0.481 e. The third kappa shape index (κ3) is 3.88. The van der Waals surface area contributed by atoms with Crippen LogP contribution in [0.2, 0.25) is 0 Å². The number of carboxylic acids is 2. The highest BCUT2D eigenvalue weighted by atomic mass is 16.4. The van der Waals surface area contributed by atoms with Gasteiger partial charge in [-0.1, -0.05) is 0 Å². The standard InChI is InChI=1S/C28H50N4O6/c1-24(2)15-12-16-25(3,4)31(24,22(37)29-9)28(21(35)36,19-11-14-20(33)34)32(23(38)30-10)26(5,6)17-13-18-27(32,7)8/h11-19H2,1-10H3,(H2-2,29,30,33,34,35,36,37,38)/p+2. The fourth-order valence-electron chi connectivity index (χ4n) is 9.43. The van der Waals surface area contributed by atoms with Crippen LogP contribution in [0.3, 0.4) is 0 Å². The molecule has 0 unspecified atom stereocenters. The van der Waals surface area contributed by atoms with E-state index in [0.717, 1.165) is 12.8 Å². The maximum atomic E-state index is 14.6. The number of hydrogen-bond donors (Lipinski definition) is 4. The van der Waals surface area contributed by atoms with Crippen molar-refractivity contribution >= 4 is 24.0 Å². The van der Waals surface area contributed by atoms with Gasteiger partial charge in [-0.3, -0.25) is 4.79 Å². The molecule has 0 aromatic heterocycles. The second-order valence-corrected chi connectivity index (χ2v) is 13.8. The molecular weight excluding hydrogens is 488 g/mol. The van der Waals surface area contributed by atoms with Crippen molar-refractivity contribution in [3.63, 3.8) is 0 Å². The van der Waals surface area contributed by atoms with Gasteiger partial charge in [-0.05, 0) is 74.7 Å². The number of aliphatic carboxylic acids is 2. The SMILES string of the molecule is CNC(=O)[N+]1(C(CCCC(=O)O)(C(=O)O)[N+]2(C(=O)NC)C(C)(C)CCCC2(C)C)C(C)(C)CCCC1(C)C. The first-order valence-corrected chi connectivity index (χ1v) is 13.9. The second kappa shape index (κ2) is 10.1. The highest BCUT2D eigenvalue weighted by Crippen LogP contribution is 2.62. The zero-order valence-electron chi connectivity index (χ0n) is 25.3. The summed E-state index contributed by atoms with van der Waals surface area (Å²) in [5.74, 6) is -2.29. The molecule has 0 saturated carbocycles. The van der Waals surface area contributed by atoms with Crippen LogP contribution in [0.15, 0.2) is 0 Å². The highest BCUT2D eigenvalue weighted by molar-refractivity contribution is 5.84. The van der Waals surface area contributed by atoms with Crippen LogP contribution in [0.25, 0.3) is 0 Å². The van der Waals surface area contributed by atoms with Crippen LogP contribution in [0.4, 0.5) is 9.59 Å². The van der Waals surface area contributed by atoms with E-state index < -0.39 is 60.8 Å². The molecule has 0 aromatic carbocycles. The van der Waals surface area contributed by atoms with Gasteiger partial charge in [0, 0.05) is 46.2 Å². The minimum absolute atomic E-state index is 0.00788. The lowest BCUT2D eigenvalue weighted by atomic mass is 9.65. The summed E-state index contributed by atoms with van der Waals surface area (Å²) in [4.78, 5) is 55.4. The number of urea groups is 2. The molecule has 2 aliphatic rings. The van der Waals surface area contributed by atoms with E-state index in [1.165, 1.54) is 14.1 Å². The van der Waals surface area contributed by atoms with Gasteiger partial charge in [0.15, 0.2) is 0 Å². The summed E-state index contributed by atoms with van der Waals surface area (Å²) in [5, 5.41) is 27.0. The average Bonchev–Trinajstić information content (AvgIpc) is 2.75. The molecular formula is C28H52N4O6+2. The molecule has 218 valence electrons. The summed E-state index contributed by atoms with van der Waals surface area (Å²) < 4.78 is -1.03. The smallest absolute Gasteiger partial charge is 0.428 e. The molecule has 4 N–H and O–H groups in total. The summed E-state index contributed by atoms with van der Waals surface area (Å²) in [5.41, 5.74) is -5.63. The number of amides is 4. The zero-order valence-corrected chi connectivity index (χ0v) is 25.3. The van der Waals surface area contributed by atoms with E-state index in [-0.39, 0.29) is 19.3 Å². The molecule has 38 heavy (non-hydrogen) atoms. The third-order valence-corrected chi connectivity index (χ3v) is 10.2. The predicted molar refractivity (Wildman–Crippen MR) is 145 cm³/mol. The van der Waals surface area contributed by atoms with Gasteiger partial charge in [-0.2, -0.15) is 8.97 Å². The lowest BCUT2D eigenvalue weighted by Crippen LogP contribution is -2.99. The minimum Gasteiger partial charge on any atom is -0.481 e. The van der Waals surface area contributed by atoms with Crippen LogP contribution in [0, 0.1) is 0 Å². The number of nitrogens with zero attached hydrogens (tertiary/aromatic N) is 2. The van der Waals surface area contributed by atoms with Crippen LogP contribution in [-0.2, 0) is 9.59 Å². The molecule has 0 aromatic rings. The molecule has 10 heteroatoms. The first-order valence-electron chi connectivity index (χ1n) is 13.9. The number of likely N-dealkylation sites (tertiary alicyclic amines) is 2. The summed E-state index contributed by atoms with van der Waals surface area (Å²) >= 11 is 0. The van der Waals surface area contributed by atoms with Gasteiger partial charge in [-0.25, -0.2) is 14.4 Å². The van der Waals surface area contributed by atoms with Gasteiger partial charge in [-0.15, -0.1) is 0 Å². The van der Waals surface area contributed by atoms with Crippen molar-refractivity contribution in [1.29, 1.82) is 0 Å². The molecule has 0 atom stereocenters. The van der Waals surface area contributed by atoms with Crippen molar-refractivity contribution in [3.8, 4) is 0 Å². The van der Waals surface area contributed by atoms with Crippen molar-refractivity contribution in [2.75, 3.05) is 14.1 Å². The Morgan fingerprint density at radius 2 is 1.00 bits per heavy atom. The van der Waals surface area contributed by atoms with E-state index in [0.29, 0.717) is 25.7 Å². The Morgan fingerprint density at radius 1 is 0.684 bits per heavy atom. The lowest BCUT2D eigenvalue weighted by Gasteiger charge is -2.72. The Morgan fingerprint density at radius 3 is 1.24 bits per heavy atom. The van der Waals surface area contributed by atoms with Crippen molar-refractivity contribution in [2.24, 2.45) is 0 Å². The van der Waals surface area contributed by atoms with Crippen LogP contribution in [0.5, 0.6) is 0 Å². The molecule has 0 radical (unpaired) electrons. The Labute approximate surface area is 228 Å². The number of piperidine rings is 2. The number of rotatable bonds is 7. The van der Waals surface area contributed by atoms with E-state index in [4.69, 9.17) is 0 Å². The van der Waals surface area contributed by atoms with Crippen molar-refractivity contribution < 1.29 is 38.4 Å². The van der Waals surface area contributed by atoms with Gasteiger partial charge in [0.05, 0.1) is 6.42 Å². The van der Waals surface area contributed by atoms with Crippen LogP contribution in [-0.4, -0.2) is 85.1 Å². The first-order chi connectivity index (χ1) is 17.2. The fraction of sp³-hybridized carbons (Fsp3) is 0.857. The Balaban J connectivity index is 3.39. The van der Waals surface area contributed by atoms with E-state index >= 15 is 0 Å². The van der Waals surface area contributed by atoms with Crippen LogP contribution < -0.4 is 10.6 Å². The number of carbonyl (C=O) groups excluding carboxylic acids is 2. The maximum absolute atomic E-state index is 14.6. The van der Waals surface area contributed by atoms with Crippen LogP contribution in [0.1, 0.15) is 113 Å². The lowest BCUT2D eigenvalue weighted by molar-refractivity contribution is -1.16. The molecule has 4 amide bonds. The van der Waals surface area contributed by atoms with Gasteiger partial charge in [0.2, 0.25) is 0 Å².